The number of carbonyl (C=O) groups excluding carboxylic acids is 1. The fraction of sp³-hybridized carbons (Fsp3) is 0.909. The Morgan fingerprint density at radius 3 is 2.35 bits per heavy atom. The molecule has 1 fully saturated rings. The van der Waals surface area contributed by atoms with E-state index >= 15 is 0 Å². The standard InChI is InChI=1S/C11H18F3NO2/c1-8-2-4-10(7-16,5-3-8)15-9(17)6-11(12,13)14/h8,16H,2-7H2,1H3,(H,15,17). The van der Waals surface area contributed by atoms with Crippen molar-refractivity contribution in [2.75, 3.05) is 6.61 Å². The molecule has 1 rings (SSSR count). The van der Waals surface area contributed by atoms with Crippen LogP contribution >= 0.6 is 0 Å². The van der Waals surface area contributed by atoms with Crippen molar-refractivity contribution in [2.45, 2.75) is 50.7 Å². The molecule has 0 heterocycles. The summed E-state index contributed by atoms with van der Waals surface area (Å²) in [5.74, 6) is -0.560. The maximum atomic E-state index is 12.0. The Balaban J connectivity index is 2.54. The second-order valence-corrected chi connectivity index (χ2v) is 4.96. The van der Waals surface area contributed by atoms with E-state index in [1.165, 1.54) is 0 Å². The van der Waals surface area contributed by atoms with Gasteiger partial charge in [0.05, 0.1) is 12.1 Å². The third kappa shape index (κ3) is 4.53. The lowest BCUT2D eigenvalue weighted by Gasteiger charge is -2.38. The Labute approximate surface area is 98.4 Å². The molecule has 0 aromatic carbocycles. The number of halogens is 3. The van der Waals surface area contributed by atoms with E-state index in [0.717, 1.165) is 12.8 Å². The molecule has 0 bridgehead atoms. The minimum atomic E-state index is -4.50. The molecule has 2 N–H and O–H groups in total. The molecule has 0 aromatic rings. The highest BCUT2D eigenvalue weighted by atomic mass is 19.4. The van der Waals surface area contributed by atoms with E-state index in [1.807, 2.05) is 0 Å². The Morgan fingerprint density at radius 1 is 1.41 bits per heavy atom. The van der Waals surface area contributed by atoms with E-state index < -0.39 is 24.0 Å². The van der Waals surface area contributed by atoms with Crippen LogP contribution in [0.15, 0.2) is 0 Å². The van der Waals surface area contributed by atoms with Crippen LogP contribution in [0.25, 0.3) is 0 Å². The Kier molecular flexibility index (Phi) is 4.41. The van der Waals surface area contributed by atoms with Crippen molar-refractivity contribution >= 4 is 5.91 Å². The SMILES string of the molecule is CC1CCC(CO)(NC(=O)CC(F)(F)F)CC1. The molecule has 1 aliphatic carbocycles. The summed E-state index contributed by atoms with van der Waals surface area (Å²) in [5.41, 5.74) is -0.852. The Hall–Kier alpha value is -0.780. The highest BCUT2D eigenvalue weighted by Crippen LogP contribution is 2.32. The van der Waals surface area contributed by atoms with Crippen molar-refractivity contribution in [2.24, 2.45) is 5.92 Å². The zero-order valence-electron chi connectivity index (χ0n) is 9.81. The summed E-state index contributed by atoms with van der Waals surface area (Å²) in [6, 6.07) is 0. The fourth-order valence-electron chi connectivity index (χ4n) is 2.16. The van der Waals surface area contributed by atoms with E-state index in [4.69, 9.17) is 0 Å². The van der Waals surface area contributed by atoms with E-state index in [1.54, 1.807) is 0 Å². The molecule has 6 heteroatoms. The number of aliphatic hydroxyl groups excluding tert-OH is 1. The van der Waals surface area contributed by atoms with Gasteiger partial charge in [0.2, 0.25) is 5.91 Å². The van der Waals surface area contributed by atoms with Gasteiger partial charge in [-0.15, -0.1) is 0 Å². The highest BCUT2D eigenvalue weighted by Gasteiger charge is 2.38. The quantitative estimate of drug-likeness (QED) is 0.808. The molecule has 100 valence electrons. The Bertz CT molecular complexity index is 270. The van der Waals surface area contributed by atoms with Gasteiger partial charge in [-0.1, -0.05) is 6.92 Å². The molecule has 3 nitrogen and oxygen atoms in total. The molecule has 0 spiro atoms. The van der Waals surface area contributed by atoms with E-state index in [9.17, 15) is 23.1 Å². The van der Waals surface area contributed by atoms with E-state index in [0.29, 0.717) is 18.8 Å². The molecule has 0 aliphatic heterocycles. The summed E-state index contributed by atoms with van der Waals surface area (Å²) < 4.78 is 36.1. The number of aliphatic hydroxyl groups is 1. The first-order valence-corrected chi connectivity index (χ1v) is 5.75. The van der Waals surface area contributed by atoms with Crippen LogP contribution in [-0.4, -0.2) is 29.3 Å². The lowest BCUT2D eigenvalue weighted by atomic mass is 9.77. The maximum Gasteiger partial charge on any atom is 0.397 e. The number of carbonyl (C=O) groups is 1. The van der Waals surface area contributed by atoms with Crippen LogP contribution in [0.3, 0.4) is 0 Å². The molecule has 1 aliphatic rings. The summed E-state index contributed by atoms with van der Waals surface area (Å²) in [4.78, 5) is 11.2. The largest absolute Gasteiger partial charge is 0.397 e. The van der Waals surface area contributed by atoms with Crippen molar-refractivity contribution in [3.8, 4) is 0 Å². The number of hydrogen-bond donors (Lipinski definition) is 2. The van der Waals surface area contributed by atoms with E-state index in [-0.39, 0.29) is 6.61 Å². The summed E-state index contributed by atoms with van der Waals surface area (Å²) in [7, 11) is 0. The molecular formula is C11H18F3NO2. The first-order valence-electron chi connectivity index (χ1n) is 5.75. The molecule has 17 heavy (non-hydrogen) atoms. The average molecular weight is 253 g/mol. The lowest BCUT2D eigenvalue weighted by molar-refractivity contribution is -0.155. The van der Waals surface area contributed by atoms with Crippen molar-refractivity contribution in [3.05, 3.63) is 0 Å². The van der Waals surface area contributed by atoms with Crippen LogP contribution in [-0.2, 0) is 4.79 Å². The number of rotatable bonds is 3. The number of amides is 1. The summed E-state index contributed by atoms with van der Waals surface area (Å²) in [5, 5.41) is 11.6. The average Bonchev–Trinajstić information content (AvgIpc) is 2.19. The Morgan fingerprint density at radius 2 is 1.94 bits per heavy atom. The molecular weight excluding hydrogens is 235 g/mol. The van der Waals surface area contributed by atoms with Crippen LogP contribution < -0.4 is 5.32 Å². The molecule has 0 radical (unpaired) electrons. The predicted molar refractivity (Wildman–Crippen MR) is 56.3 cm³/mol. The van der Waals surface area contributed by atoms with Gasteiger partial charge in [0, 0.05) is 0 Å². The van der Waals surface area contributed by atoms with Gasteiger partial charge in [-0.05, 0) is 31.6 Å². The fourth-order valence-corrected chi connectivity index (χ4v) is 2.16. The number of nitrogens with one attached hydrogen (secondary N) is 1. The van der Waals surface area contributed by atoms with Crippen LogP contribution in [0.2, 0.25) is 0 Å². The molecule has 0 unspecified atom stereocenters. The maximum absolute atomic E-state index is 12.0. The molecule has 0 aromatic heterocycles. The van der Waals surface area contributed by atoms with Gasteiger partial charge in [-0.2, -0.15) is 13.2 Å². The molecule has 1 amide bonds. The van der Waals surface area contributed by atoms with Crippen molar-refractivity contribution in [1.82, 2.24) is 5.32 Å². The molecule has 0 saturated heterocycles. The second kappa shape index (κ2) is 5.25. The second-order valence-electron chi connectivity index (χ2n) is 4.96. The summed E-state index contributed by atoms with van der Waals surface area (Å²) in [6.45, 7) is 1.75. The smallest absolute Gasteiger partial charge is 0.394 e. The normalized spacial score (nSPS) is 30.1. The first kappa shape index (κ1) is 14.3. The van der Waals surface area contributed by atoms with Crippen LogP contribution in [0, 0.1) is 5.92 Å². The predicted octanol–water partition coefficient (Wildman–Crippen LogP) is 2.00. The number of hydrogen-bond acceptors (Lipinski definition) is 2. The van der Waals surface area contributed by atoms with Crippen LogP contribution in [0.1, 0.15) is 39.0 Å². The van der Waals surface area contributed by atoms with Crippen molar-refractivity contribution in [3.63, 3.8) is 0 Å². The van der Waals surface area contributed by atoms with Gasteiger partial charge in [0.1, 0.15) is 6.42 Å². The first-order chi connectivity index (χ1) is 7.76. The van der Waals surface area contributed by atoms with Gasteiger partial charge in [0.25, 0.3) is 0 Å². The summed E-state index contributed by atoms with van der Waals surface area (Å²) >= 11 is 0. The lowest BCUT2D eigenvalue weighted by Crippen LogP contribution is -2.53. The monoisotopic (exact) mass is 253 g/mol. The van der Waals surface area contributed by atoms with Gasteiger partial charge < -0.3 is 10.4 Å². The van der Waals surface area contributed by atoms with E-state index in [2.05, 4.69) is 12.2 Å². The zero-order chi connectivity index (χ0) is 13.1. The molecule has 0 atom stereocenters. The number of alkyl halides is 3. The summed E-state index contributed by atoms with van der Waals surface area (Å²) in [6.07, 6.45) is -3.28. The van der Waals surface area contributed by atoms with Crippen molar-refractivity contribution in [1.29, 1.82) is 0 Å². The van der Waals surface area contributed by atoms with Gasteiger partial charge >= 0.3 is 6.18 Å². The zero-order valence-corrected chi connectivity index (χ0v) is 9.81. The highest BCUT2D eigenvalue weighted by molar-refractivity contribution is 5.77. The minimum Gasteiger partial charge on any atom is -0.394 e. The van der Waals surface area contributed by atoms with Gasteiger partial charge in [0.15, 0.2) is 0 Å². The van der Waals surface area contributed by atoms with Gasteiger partial charge in [-0.25, -0.2) is 0 Å². The topological polar surface area (TPSA) is 49.3 Å². The van der Waals surface area contributed by atoms with Crippen molar-refractivity contribution < 1.29 is 23.1 Å². The van der Waals surface area contributed by atoms with Gasteiger partial charge in [-0.3, -0.25) is 4.79 Å². The molecule has 1 saturated carbocycles. The third-order valence-electron chi connectivity index (χ3n) is 3.30. The minimum absolute atomic E-state index is 0.302. The van der Waals surface area contributed by atoms with Crippen LogP contribution in [0.5, 0.6) is 0 Å². The third-order valence-corrected chi connectivity index (χ3v) is 3.30. The van der Waals surface area contributed by atoms with Crippen LogP contribution in [0.4, 0.5) is 13.2 Å².